The van der Waals surface area contributed by atoms with Crippen molar-refractivity contribution in [1.29, 1.82) is 0 Å². The van der Waals surface area contributed by atoms with E-state index in [1.807, 2.05) is 0 Å². The van der Waals surface area contributed by atoms with Gasteiger partial charge in [0.25, 0.3) is 0 Å². The lowest BCUT2D eigenvalue weighted by atomic mass is 9.68. The van der Waals surface area contributed by atoms with Crippen LogP contribution in [-0.2, 0) is 0 Å². The van der Waals surface area contributed by atoms with Crippen LogP contribution < -0.4 is 0 Å². The molecule has 0 heteroatoms. The van der Waals surface area contributed by atoms with Crippen molar-refractivity contribution in [3.8, 4) is 22.3 Å². The van der Waals surface area contributed by atoms with Crippen molar-refractivity contribution in [2.75, 3.05) is 0 Å². The predicted octanol–water partition coefficient (Wildman–Crippen LogP) is 9.51. The highest BCUT2D eigenvalue weighted by Gasteiger charge is 2.30. The molecule has 0 spiro atoms. The highest BCUT2D eigenvalue weighted by Crippen LogP contribution is 2.44. The molecule has 1 aliphatic rings. The van der Waals surface area contributed by atoms with E-state index in [2.05, 4.69) is 92.7 Å². The Labute approximate surface area is 189 Å². The number of rotatable bonds is 8. The molecule has 1 saturated carbocycles. The Kier molecular flexibility index (Phi) is 7.62. The molecule has 0 radical (unpaired) electrons. The molecule has 31 heavy (non-hydrogen) atoms. The van der Waals surface area contributed by atoms with E-state index in [1.165, 1.54) is 73.6 Å². The second kappa shape index (κ2) is 10.8. The van der Waals surface area contributed by atoms with E-state index in [-0.39, 0.29) is 0 Å². The van der Waals surface area contributed by atoms with Gasteiger partial charge >= 0.3 is 0 Å². The minimum absolute atomic E-state index is 0.622. The van der Waals surface area contributed by atoms with E-state index in [9.17, 15) is 0 Å². The van der Waals surface area contributed by atoms with Crippen LogP contribution in [0.4, 0.5) is 0 Å². The van der Waals surface area contributed by atoms with Gasteiger partial charge in [-0.15, -0.1) is 0 Å². The molecule has 0 aliphatic heterocycles. The second-order valence-corrected chi connectivity index (χ2v) is 9.52. The number of unbranched alkanes of at least 4 members (excludes halogenated alkanes) is 2. The van der Waals surface area contributed by atoms with Gasteiger partial charge in [-0.2, -0.15) is 0 Å². The predicted molar refractivity (Wildman–Crippen MR) is 135 cm³/mol. The third kappa shape index (κ3) is 5.29. The first-order chi connectivity index (χ1) is 15.3. The smallest absolute Gasteiger partial charge is 0.0149 e. The van der Waals surface area contributed by atoms with Crippen molar-refractivity contribution in [1.82, 2.24) is 0 Å². The van der Waals surface area contributed by atoms with Crippen LogP contribution in [0.15, 0.2) is 78.9 Å². The lowest BCUT2D eigenvalue weighted by Crippen LogP contribution is -2.25. The lowest BCUT2D eigenvalue weighted by molar-refractivity contribution is 0.192. The van der Waals surface area contributed by atoms with Crippen molar-refractivity contribution >= 4 is 0 Å². The summed E-state index contributed by atoms with van der Waals surface area (Å²) < 4.78 is 0. The molecule has 0 aromatic heterocycles. The van der Waals surface area contributed by atoms with Crippen LogP contribution in [0, 0.1) is 11.8 Å². The van der Waals surface area contributed by atoms with Crippen LogP contribution in [0.2, 0.25) is 0 Å². The molecule has 0 amide bonds. The van der Waals surface area contributed by atoms with Crippen molar-refractivity contribution in [2.24, 2.45) is 11.8 Å². The topological polar surface area (TPSA) is 0 Å². The first-order valence-corrected chi connectivity index (χ1v) is 12.5. The van der Waals surface area contributed by atoms with Crippen LogP contribution in [0.3, 0.4) is 0 Å². The van der Waals surface area contributed by atoms with E-state index in [1.54, 1.807) is 5.56 Å². The molecule has 1 fully saturated rings. The van der Waals surface area contributed by atoms with Gasteiger partial charge in [0, 0.05) is 0 Å². The molecule has 0 heterocycles. The van der Waals surface area contributed by atoms with Gasteiger partial charge in [-0.25, -0.2) is 0 Å². The quantitative estimate of drug-likeness (QED) is 0.324. The first-order valence-electron chi connectivity index (χ1n) is 12.5. The average molecular weight is 411 g/mol. The number of benzene rings is 3. The van der Waals surface area contributed by atoms with E-state index >= 15 is 0 Å². The highest BCUT2D eigenvalue weighted by molar-refractivity contribution is 5.72. The van der Waals surface area contributed by atoms with Gasteiger partial charge in [0.05, 0.1) is 0 Å². The third-order valence-corrected chi connectivity index (χ3v) is 7.54. The van der Waals surface area contributed by atoms with Gasteiger partial charge in [0.1, 0.15) is 0 Å². The van der Waals surface area contributed by atoms with Crippen LogP contribution >= 0.6 is 0 Å². The molecule has 162 valence electrons. The molecular formula is C31H38. The zero-order chi connectivity index (χ0) is 21.5. The Morgan fingerprint density at radius 1 is 0.710 bits per heavy atom. The molecule has 3 unspecified atom stereocenters. The standard InChI is InChI=1S/C31H38/c1-3-4-6-15-27-16-9-10-17-29(27)24(2)30-18-11-12-19-31(30)28-22-20-26(21-23-28)25-13-7-5-8-14-25/h5,7-8,11-14,18-24,27,29H,3-4,6,9-10,15-17H2,1-2H3. The van der Waals surface area contributed by atoms with E-state index in [0.717, 1.165) is 11.8 Å². The minimum atomic E-state index is 0.622. The Morgan fingerprint density at radius 2 is 1.35 bits per heavy atom. The van der Waals surface area contributed by atoms with E-state index in [0.29, 0.717) is 5.92 Å². The summed E-state index contributed by atoms with van der Waals surface area (Å²) in [6.07, 6.45) is 11.2. The Balaban J connectivity index is 1.57. The SMILES string of the molecule is CCCCCC1CCCCC1C(C)c1ccccc1-c1ccc(-c2ccccc2)cc1. The second-order valence-electron chi connectivity index (χ2n) is 9.52. The highest BCUT2D eigenvalue weighted by atomic mass is 14.4. The summed E-state index contributed by atoms with van der Waals surface area (Å²) in [5.41, 5.74) is 6.89. The largest absolute Gasteiger partial charge is 0.0654 e. The van der Waals surface area contributed by atoms with Crippen molar-refractivity contribution in [3.63, 3.8) is 0 Å². The average Bonchev–Trinajstić information content (AvgIpc) is 2.85. The summed E-state index contributed by atoms with van der Waals surface area (Å²) in [4.78, 5) is 0. The minimum Gasteiger partial charge on any atom is -0.0654 e. The summed E-state index contributed by atoms with van der Waals surface area (Å²) >= 11 is 0. The lowest BCUT2D eigenvalue weighted by Gasteiger charge is -2.37. The summed E-state index contributed by atoms with van der Waals surface area (Å²) in [6.45, 7) is 4.82. The van der Waals surface area contributed by atoms with Crippen LogP contribution in [0.1, 0.15) is 76.7 Å². The molecule has 3 aromatic rings. The van der Waals surface area contributed by atoms with Crippen LogP contribution in [-0.4, -0.2) is 0 Å². The third-order valence-electron chi connectivity index (χ3n) is 7.54. The fourth-order valence-electron chi connectivity index (χ4n) is 5.77. The molecule has 0 N–H and O–H groups in total. The molecule has 0 saturated heterocycles. The maximum Gasteiger partial charge on any atom is -0.0149 e. The maximum atomic E-state index is 2.50. The summed E-state index contributed by atoms with van der Waals surface area (Å²) in [5.74, 6) is 2.36. The van der Waals surface area contributed by atoms with Crippen molar-refractivity contribution in [2.45, 2.75) is 71.1 Å². The van der Waals surface area contributed by atoms with Crippen molar-refractivity contribution < 1.29 is 0 Å². The number of hydrogen-bond donors (Lipinski definition) is 0. The van der Waals surface area contributed by atoms with Gasteiger partial charge < -0.3 is 0 Å². The Bertz CT molecular complexity index is 922. The molecule has 3 aromatic carbocycles. The van der Waals surface area contributed by atoms with Gasteiger partial charge in [0.15, 0.2) is 0 Å². The fraction of sp³-hybridized carbons (Fsp3) is 0.419. The van der Waals surface area contributed by atoms with Gasteiger partial charge in [-0.3, -0.25) is 0 Å². The zero-order valence-electron chi connectivity index (χ0n) is 19.4. The molecule has 3 atom stereocenters. The van der Waals surface area contributed by atoms with Gasteiger partial charge in [-0.05, 0) is 52.0 Å². The van der Waals surface area contributed by atoms with Crippen LogP contribution in [0.5, 0.6) is 0 Å². The Morgan fingerprint density at radius 3 is 2.13 bits per heavy atom. The van der Waals surface area contributed by atoms with E-state index < -0.39 is 0 Å². The summed E-state index contributed by atoms with van der Waals surface area (Å²) in [6, 6.07) is 29.0. The fourth-order valence-corrected chi connectivity index (χ4v) is 5.77. The van der Waals surface area contributed by atoms with Crippen molar-refractivity contribution in [3.05, 3.63) is 84.4 Å². The monoisotopic (exact) mass is 410 g/mol. The molecule has 1 aliphatic carbocycles. The number of hydrogen-bond acceptors (Lipinski definition) is 0. The van der Waals surface area contributed by atoms with Gasteiger partial charge in [-0.1, -0.05) is 138 Å². The van der Waals surface area contributed by atoms with Crippen LogP contribution in [0.25, 0.3) is 22.3 Å². The Hall–Kier alpha value is -2.34. The summed E-state index contributed by atoms with van der Waals surface area (Å²) in [5, 5.41) is 0. The van der Waals surface area contributed by atoms with E-state index in [4.69, 9.17) is 0 Å². The molecule has 0 nitrogen and oxygen atoms in total. The first kappa shape index (κ1) is 21.9. The maximum absolute atomic E-state index is 2.50. The molecular weight excluding hydrogens is 372 g/mol. The zero-order valence-corrected chi connectivity index (χ0v) is 19.4. The van der Waals surface area contributed by atoms with Gasteiger partial charge in [0.2, 0.25) is 0 Å². The molecule has 4 rings (SSSR count). The summed E-state index contributed by atoms with van der Waals surface area (Å²) in [7, 11) is 0. The molecule has 0 bridgehead atoms. The normalized spacial score (nSPS) is 19.8.